The Morgan fingerprint density at radius 2 is 1.95 bits per heavy atom. The molecule has 1 rings (SSSR count). The first-order valence-corrected chi connectivity index (χ1v) is 6.39. The maximum Gasteiger partial charge on any atom is 0.330 e. The van der Waals surface area contributed by atoms with Crippen molar-refractivity contribution in [1.82, 2.24) is 9.97 Å². The van der Waals surface area contributed by atoms with Crippen LogP contribution < -0.4 is 0 Å². The number of aromatic nitrogens is 2. The first kappa shape index (κ1) is 17.0. The second-order valence-electron chi connectivity index (χ2n) is 4.74. The molecule has 1 aromatic rings. The van der Waals surface area contributed by atoms with Crippen molar-refractivity contribution in [1.29, 1.82) is 0 Å². The standard InChI is InChI=1S/C12H16F4N2OS/c1-6(2)9-7(3)17-8(18-10(9)20)4-19-5-12(15,16)11(13)14/h6,11H,4-5H2,1-3H3,(H,17,18,20). The van der Waals surface area contributed by atoms with Crippen molar-refractivity contribution in [3.63, 3.8) is 0 Å². The van der Waals surface area contributed by atoms with E-state index in [0.717, 1.165) is 11.3 Å². The van der Waals surface area contributed by atoms with Gasteiger partial charge in [-0.05, 0) is 12.8 Å². The fraction of sp³-hybridized carbons (Fsp3) is 0.667. The largest absolute Gasteiger partial charge is 0.367 e. The highest BCUT2D eigenvalue weighted by atomic mass is 32.1. The third-order valence-electron chi connectivity index (χ3n) is 2.63. The highest BCUT2D eigenvalue weighted by Gasteiger charge is 2.40. The van der Waals surface area contributed by atoms with Crippen molar-refractivity contribution in [2.45, 2.75) is 45.6 Å². The molecule has 0 fully saturated rings. The summed E-state index contributed by atoms with van der Waals surface area (Å²) >= 11 is 5.11. The molecule has 0 spiro atoms. The van der Waals surface area contributed by atoms with Gasteiger partial charge in [0.15, 0.2) is 0 Å². The van der Waals surface area contributed by atoms with Gasteiger partial charge in [-0.2, -0.15) is 8.78 Å². The van der Waals surface area contributed by atoms with Gasteiger partial charge in [0.25, 0.3) is 0 Å². The van der Waals surface area contributed by atoms with Crippen LogP contribution in [0, 0.1) is 11.6 Å². The number of H-pyrrole nitrogens is 1. The summed E-state index contributed by atoms with van der Waals surface area (Å²) in [6.45, 7) is 3.99. The van der Waals surface area contributed by atoms with Crippen LogP contribution in [0.5, 0.6) is 0 Å². The molecule has 0 aliphatic rings. The van der Waals surface area contributed by atoms with Gasteiger partial charge in [0.2, 0.25) is 0 Å². The lowest BCUT2D eigenvalue weighted by Crippen LogP contribution is -2.32. The van der Waals surface area contributed by atoms with Crippen LogP contribution in [0.25, 0.3) is 0 Å². The number of halogens is 4. The van der Waals surface area contributed by atoms with E-state index < -0.39 is 19.0 Å². The highest BCUT2D eigenvalue weighted by Crippen LogP contribution is 2.23. The van der Waals surface area contributed by atoms with Gasteiger partial charge in [-0.3, -0.25) is 0 Å². The highest BCUT2D eigenvalue weighted by molar-refractivity contribution is 7.71. The normalized spacial score (nSPS) is 12.4. The number of aryl methyl sites for hydroxylation is 1. The van der Waals surface area contributed by atoms with Gasteiger partial charge >= 0.3 is 12.3 Å². The number of hydrogen-bond acceptors (Lipinski definition) is 3. The first-order valence-electron chi connectivity index (χ1n) is 5.98. The van der Waals surface area contributed by atoms with E-state index in [1.807, 2.05) is 13.8 Å². The zero-order chi connectivity index (χ0) is 15.5. The monoisotopic (exact) mass is 312 g/mol. The summed E-state index contributed by atoms with van der Waals surface area (Å²) in [4.78, 5) is 6.90. The molecule has 0 saturated heterocycles. The number of aromatic amines is 1. The Kier molecular flexibility index (Phi) is 5.64. The molecular formula is C12H16F4N2OS. The number of alkyl halides is 4. The molecule has 0 amide bonds. The summed E-state index contributed by atoms with van der Waals surface area (Å²) in [5.41, 5.74) is 1.63. The van der Waals surface area contributed by atoms with Gasteiger partial charge in [-0.1, -0.05) is 26.1 Å². The molecule has 20 heavy (non-hydrogen) atoms. The molecule has 3 nitrogen and oxygen atoms in total. The second-order valence-corrected chi connectivity index (χ2v) is 5.12. The SMILES string of the molecule is Cc1[nH]c(COCC(F)(F)C(F)F)nc(=S)c1C(C)C. The van der Waals surface area contributed by atoms with Crippen molar-refractivity contribution in [3.8, 4) is 0 Å². The van der Waals surface area contributed by atoms with Gasteiger partial charge in [0.1, 0.15) is 23.7 Å². The summed E-state index contributed by atoms with van der Waals surface area (Å²) in [7, 11) is 0. The Morgan fingerprint density at radius 1 is 1.35 bits per heavy atom. The average molecular weight is 312 g/mol. The fourth-order valence-electron chi connectivity index (χ4n) is 1.75. The van der Waals surface area contributed by atoms with Gasteiger partial charge in [0, 0.05) is 11.3 Å². The Labute approximate surface area is 119 Å². The molecule has 0 atom stereocenters. The first-order chi connectivity index (χ1) is 9.15. The number of rotatable bonds is 6. The lowest BCUT2D eigenvalue weighted by molar-refractivity contribution is -0.168. The van der Waals surface area contributed by atoms with E-state index in [1.54, 1.807) is 6.92 Å². The third-order valence-corrected chi connectivity index (χ3v) is 2.94. The summed E-state index contributed by atoms with van der Waals surface area (Å²) in [6, 6.07) is 0. The average Bonchev–Trinajstić information content (AvgIpc) is 2.26. The Morgan fingerprint density at radius 3 is 2.40 bits per heavy atom. The molecule has 0 saturated carbocycles. The van der Waals surface area contributed by atoms with Crippen LogP contribution in [0.15, 0.2) is 0 Å². The number of nitrogens with zero attached hydrogens (tertiary/aromatic N) is 1. The smallest absolute Gasteiger partial charge is 0.330 e. The molecule has 1 aromatic heterocycles. The molecule has 114 valence electrons. The minimum Gasteiger partial charge on any atom is -0.367 e. The van der Waals surface area contributed by atoms with Crippen LogP contribution >= 0.6 is 12.2 Å². The van der Waals surface area contributed by atoms with Crippen molar-refractivity contribution in [2.75, 3.05) is 6.61 Å². The van der Waals surface area contributed by atoms with Gasteiger partial charge in [-0.15, -0.1) is 0 Å². The van der Waals surface area contributed by atoms with Crippen LogP contribution in [0.4, 0.5) is 17.6 Å². The van der Waals surface area contributed by atoms with Crippen molar-refractivity contribution in [3.05, 3.63) is 21.7 Å². The minimum atomic E-state index is -4.16. The van der Waals surface area contributed by atoms with Crippen molar-refractivity contribution in [2.24, 2.45) is 0 Å². The molecule has 0 aliphatic heterocycles. The number of hydrogen-bond donors (Lipinski definition) is 1. The maximum absolute atomic E-state index is 12.7. The third kappa shape index (κ3) is 4.24. The topological polar surface area (TPSA) is 37.9 Å². The maximum atomic E-state index is 12.7. The molecule has 0 radical (unpaired) electrons. The second kappa shape index (κ2) is 6.62. The predicted octanol–water partition coefficient (Wildman–Crippen LogP) is 3.99. The molecular weight excluding hydrogens is 296 g/mol. The summed E-state index contributed by atoms with van der Waals surface area (Å²) in [6.07, 6.45) is -3.75. The number of ether oxygens (including phenoxy) is 1. The quantitative estimate of drug-likeness (QED) is 0.637. The molecule has 0 aromatic carbocycles. The van der Waals surface area contributed by atoms with Crippen LogP contribution in [0.1, 0.15) is 36.8 Å². The number of nitrogens with one attached hydrogen (secondary N) is 1. The van der Waals surface area contributed by atoms with Gasteiger partial charge in [-0.25, -0.2) is 13.8 Å². The lowest BCUT2D eigenvalue weighted by atomic mass is 10.0. The summed E-state index contributed by atoms with van der Waals surface area (Å²) in [5.74, 6) is -3.75. The molecule has 8 heteroatoms. The molecule has 1 heterocycles. The van der Waals surface area contributed by atoms with Gasteiger partial charge in [0.05, 0.1) is 0 Å². The van der Waals surface area contributed by atoms with E-state index in [9.17, 15) is 17.6 Å². The molecule has 0 bridgehead atoms. The Hall–Kier alpha value is -1.02. The minimum absolute atomic E-state index is 0.171. The van der Waals surface area contributed by atoms with Crippen LogP contribution in [-0.4, -0.2) is 28.9 Å². The van der Waals surface area contributed by atoms with Crippen molar-refractivity contribution < 1.29 is 22.3 Å². The zero-order valence-electron chi connectivity index (χ0n) is 11.3. The van der Waals surface area contributed by atoms with Crippen LogP contribution in [-0.2, 0) is 11.3 Å². The van der Waals surface area contributed by atoms with Gasteiger partial charge < -0.3 is 9.72 Å². The zero-order valence-corrected chi connectivity index (χ0v) is 12.2. The Bertz CT molecular complexity index is 517. The lowest BCUT2D eigenvalue weighted by Gasteiger charge is -2.15. The van der Waals surface area contributed by atoms with E-state index in [-0.39, 0.29) is 18.3 Å². The van der Waals surface area contributed by atoms with E-state index >= 15 is 0 Å². The predicted molar refractivity (Wildman–Crippen MR) is 68.9 cm³/mol. The van der Waals surface area contributed by atoms with E-state index in [0.29, 0.717) is 4.64 Å². The fourth-order valence-corrected chi connectivity index (χ4v) is 2.25. The van der Waals surface area contributed by atoms with Crippen LogP contribution in [0.3, 0.4) is 0 Å². The Balaban J connectivity index is 2.74. The molecule has 0 unspecified atom stereocenters. The molecule has 1 N–H and O–H groups in total. The van der Waals surface area contributed by atoms with E-state index in [4.69, 9.17) is 12.2 Å². The van der Waals surface area contributed by atoms with Crippen LogP contribution in [0.2, 0.25) is 0 Å². The summed E-state index contributed by atoms with van der Waals surface area (Å²) in [5, 5.41) is 0. The van der Waals surface area contributed by atoms with Crippen molar-refractivity contribution >= 4 is 12.2 Å². The summed E-state index contributed by atoms with van der Waals surface area (Å²) < 4.78 is 54.1. The van der Waals surface area contributed by atoms with E-state index in [1.165, 1.54) is 0 Å². The molecule has 0 aliphatic carbocycles. The van der Waals surface area contributed by atoms with E-state index in [2.05, 4.69) is 14.7 Å².